The van der Waals surface area contributed by atoms with Gasteiger partial charge >= 0.3 is 5.97 Å². The van der Waals surface area contributed by atoms with Crippen molar-refractivity contribution in [1.82, 2.24) is 0 Å². The van der Waals surface area contributed by atoms with Gasteiger partial charge in [-0.3, -0.25) is 9.59 Å². The van der Waals surface area contributed by atoms with Crippen LogP contribution in [0.3, 0.4) is 0 Å². The topological polar surface area (TPSA) is 63.6 Å². The summed E-state index contributed by atoms with van der Waals surface area (Å²) in [6.45, 7) is 2.18. The molecule has 4 heteroatoms. The summed E-state index contributed by atoms with van der Waals surface area (Å²) in [5.74, 6) is -0.306. The minimum Gasteiger partial charge on any atom is -0.469 e. The summed E-state index contributed by atoms with van der Waals surface area (Å²) in [5.41, 5.74) is -0.807. The Hall–Kier alpha value is -1.68. The summed E-state index contributed by atoms with van der Waals surface area (Å²) >= 11 is 0. The lowest BCUT2D eigenvalue weighted by Gasteiger charge is -2.18. The molecule has 0 aromatic rings. The van der Waals surface area contributed by atoms with Crippen LogP contribution in [0.5, 0.6) is 0 Å². The lowest BCUT2D eigenvalue weighted by atomic mass is 9.94. The average molecular weight is 348 g/mol. The maximum Gasteiger partial charge on any atom is 0.305 e. The number of ether oxygens (including phenoxy) is 1. The fraction of sp³-hybridized carbons (Fsp3) is 0.619. The molecule has 0 spiro atoms. The van der Waals surface area contributed by atoms with Gasteiger partial charge in [-0.15, -0.1) is 0 Å². The number of carbonyl (C=O) groups is 2. The number of hydrogen-bond donors (Lipinski definition) is 1. The summed E-state index contributed by atoms with van der Waals surface area (Å²) < 4.78 is 4.60. The van der Waals surface area contributed by atoms with Gasteiger partial charge in [0.05, 0.1) is 7.11 Å². The average Bonchev–Trinajstić information content (AvgIpc) is 2.89. The molecule has 1 aliphatic rings. The van der Waals surface area contributed by atoms with Crippen molar-refractivity contribution in [2.24, 2.45) is 0 Å². The molecule has 0 radical (unpaired) electrons. The molecule has 1 N–H and O–H groups in total. The van der Waals surface area contributed by atoms with Crippen LogP contribution in [0, 0.1) is 0 Å². The Bertz CT molecular complexity index is 516. The first-order valence-electron chi connectivity index (χ1n) is 9.44. The first-order chi connectivity index (χ1) is 12.0. The molecule has 0 aromatic heterocycles. The highest BCUT2D eigenvalue weighted by atomic mass is 16.5. The van der Waals surface area contributed by atoms with Gasteiger partial charge in [-0.05, 0) is 50.3 Å². The van der Waals surface area contributed by atoms with Crippen LogP contribution in [0.2, 0.25) is 0 Å². The second kappa shape index (κ2) is 11.8. The molecular weight excluding hydrogens is 316 g/mol. The second-order valence-corrected chi connectivity index (χ2v) is 6.57. The molecule has 25 heavy (non-hydrogen) atoms. The SMILES string of the molecule is CCCCCC/C=C/C1(O)C=CC(=O)/C1=C\CCCCCC(=O)OC. The van der Waals surface area contributed by atoms with Crippen molar-refractivity contribution in [1.29, 1.82) is 0 Å². The van der Waals surface area contributed by atoms with E-state index in [1.165, 1.54) is 32.4 Å². The number of rotatable bonds is 12. The van der Waals surface area contributed by atoms with Crippen molar-refractivity contribution in [2.75, 3.05) is 7.11 Å². The molecule has 0 aliphatic heterocycles. The van der Waals surface area contributed by atoms with Crippen LogP contribution < -0.4 is 0 Å². The largest absolute Gasteiger partial charge is 0.469 e. The summed E-state index contributed by atoms with van der Waals surface area (Å²) in [6, 6.07) is 0. The molecule has 0 heterocycles. The number of ketones is 1. The highest BCUT2D eigenvalue weighted by Crippen LogP contribution is 2.29. The third-order valence-electron chi connectivity index (χ3n) is 4.44. The van der Waals surface area contributed by atoms with E-state index in [9.17, 15) is 14.7 Å². The van der Waals surface area contributed by atoms with Crippen LogP contribution in [0.15, 0.2) is 36.0 Å². The van der Waals surface area contributed by atoms with Crippen LogP contribution in [-0.4, -0.2) is 29.6 Å². The fourth-order valence-electron chi connectivity index (χ4n) is 2.88. The van der Waals surface area contributed by atoms with E-state index in [0.717, 1.165) is 38.5 Å². The zero-order valence-electron chi connectivity index (χ0n) is 15.6. The molecule has 0 fully saturated rings. The Balaban J connectivity index is 2.42. The molecule has 140 valence electrons. The first kappa shape index (κ1) is 21.4. The molecule has 0 saturated carbocycles. The Kier molecular flexibility index (Phi) is 10.1. The molecule has 1 unspecified atom stereocenters. The van der Waals surface area contributed by atoms with Crippen molar-refractivity contribution < 1.29 is 19.4 Å². The number of aliphatic hydroxyl groups is 1. The summed E-state index contributed by atoms with van der Waals surface area (Å²) in [5, 5.41) is 10.7. The third kappa shape index (κ3) is 7.82. The predicted molar refractivity (Wildman–Crippen MR) is 100 cm³/mol. The van der Waals surface area contributed by atoms with Gasteiger partial charge in [-0.1, -0.05) is 44.8 Å². The van der Waals surface area contributed by atoms with Crippen molar-refractivity contribution in [3.8, 4) is 0 Å². The molecule has 0 saturated heterocycles. The zero-order valence-corrected chi connectivity index (χ0v) is 15.6. The number of esters is 1. The molecule has 1 rings (SSSR count). The van der Waals surface area contributed by atoms with Crippen LogP contribution in [0.25, 0.3) is 0 Å². The number of carbonyl (C=O) groups excluding carboxylic acids is 2. The maximum absolute atomic E-state index is 12.0. The summed E-state index contributed by atoms with van der Waals surface area (Å²) in [7, 11) is 1.39. The number of hydrogen-bond acceptors (Lipinski definition) is 4. The van der Waals surface area contributed by atoms with Gasteiger partial charge in [0.2, 0.25) is 0 Å². The smallest absolute Gasteiger partial charge is 0.305 e. The summed E-state index contributed by atoms with van der Waals surface area (Å²) in [6.07, 6.45) is 17.9. The van der Waals surface area contributed by atoms with E-state index in [0.29, 0.717) is 12.0 Å². The van der Waals surface area contributed by atoms with E-state index >= 15 is 0 Å². The number of methoxy groups -OCH3 is 1. The molecule has 0 bridgehead atoms. The van der Waals surface area contributed by atoms with Gasteiger partial charge < -0.3 is 9.84 Å². The summed E-state index contributed by atoms with van der Waals surface area (Å²) in [4.78, 5) is 23.0. The van der Waals surface area contributed by atoms with Crippen molar-refractivity contribution in [3.05, 3.63) is 36.0 Å². The molecular formula is C21H32O4. The van der Waals surface area contributed by atoms with Gasteiger partial charge in [0.25, 0.3) is 0 Å². The van der Waals surface area contributed by atoms with E-state index < -0.39 is 5.60 Å². The quantitative estimate of drug-likeness (QED) is 0.245. The van der Waals surface area contributed by atoms with Crippen LogP contribution in [0.4, 0.5) is 0 Å². The minimum absolute atomic E-state index is 0.118. The Morgan fingerprint density at radius 3 is 2.60 bits per heavy atom. The minimum atomic E-state index is -1.26. The number of allylic oxidation sites excluding steroid dienone is 3. The van der Waals surface area contributed by atoms with E-state index in [1.807, 2.05) is 12.2 Å². The van der Waals surface area contributed by atoms with E-state index in [-0.39, 0.29) is 11.8 Å². The van der Waals surface area contributed by atoms with Crippen molar-refractivity contribution in [2.45, 2.75) is 76.7 Å². The Morgan fingerprint density at radius 1 is 1.16 bits per heavy atom. The lowest BCUT2D eigenvalue weighted by Crippen LogP contribution is -2.25. The van der Waals surface area contributed by atoms with Gasteiger partial charge in [-0.2, -0.15) is 0 Å². The third-order valence-corrected chi connectivity index (χ3v) is 4.44. The van der Waals surface area contributed by atoms with E-state index in [2.05, 4.69) is 11.7 Å². The lowest BCUT2D eigenvalue weighted by molar-refractivity contribution is -0.140. The van der Waals surface area contributed by atoms with Crippen LogP contribution >= 0.6 is 0 Å². The maximum atomic E-state index is 12.0. The monoisotopic (exact) mass is 348 g/mol. The fourth-order valence-corrected chi connectivity index (χ4v) is 2.88. The van der Waals surface area contributed by atoms with Crippen LogP contribution in [-0.2, 0) is 14.3 Å². The van der Waals surface area contributed by atoms with Gasteiger partial charge in [0.15, 0.2) is 5.78 Å². The van der Waals surface area contributed by atoms with Crippen LogP contribution in [0.1, 0.15) is 71.1 Å². The van der Waals surface area contributed by atoms with Gasteiger partial charge in [-0.25, -0.2) is 0 Å². The highest BCUT2D eigenvalue weighted by molar-refractivity contribution is 6.09. The highest BCUT2D eigenvalue weighted by Gasteiger charge is 2.34. The number of unbranched alkanes of at least 4 members (excludes halogenated alkanes) is 7. The molecule has 0 aromatic carbocycles. The van der Waals surface area contributed by atoms with Crippen molar-refractivity contribution in [3.63, 3.8) is 0 Å². The Morgan fingerprint density at radius 2 is 1.88 bits per heavy atom. The normalized spacial score (nSPS) is 21.6. The molecule has 1 atom stereocenters. The predicted octanol–water partition coefficient (Wildman–Crippen LogP) is 4.43. The molecule has 0 amide bonds. The molecule has 4 nitrogen and oxygen atoms in total. The first-order valence-corrected chi connectivity index (χ1v) is 9.44. The Labute approximate surface area is 151 Å². The standard InChI is InChI=1S/C21H32O4/c1-3-4-5-6-9-12-16-21(24)17-15-19(22)18(21)13-10-7-8-11-14-20(23)25-2/h12-13,15-17,24H,3-11,14H2,1-2H3/b16-12+,18-13+. The zero-order chi connectivity index (χ0) is 18.5. The van der Waals surface area contributed by atoms with Crippen molar-refractivity contribution >= 4 is 11.8 Å². The van der Waals surface area contributed by atoms with E-state index in [1.54, 1.807) is 12.2 Å². The molecule has 1 aliphatic carbocycles. The second-order valence-electron chi connectivity index (χ2n) is 6.57. The van der Waals surface area contributed by atoms with Gasteiger partial charge in [0, 0.05) is 12.0 Å². The van der Waals surface area contributed by atoms with Gasteiger partial charge in [0.1, 0.15) is 5.60 Å². The van der Waals surface area contributed by atoms with E-state index in [4.69, 9.17) is 0 Å².